The van der Waals surface area contributed by atoms with Crippen LogP contribution in [0.5, 0.6) is 0 Å². The molecule has 4 rings (SSSR count). The van der Waals surface area contributed by atoms with Gasteiger partial charge < -0.3 is 19.6 Å². The molecule has 1 amide bonds. The Morgan fingerprint density at radius 3 is 2.21 bits per heavy atom. The molecule has 28 heavy (non-hydrogen) atoms. The van der Waals surface area contributed by atoms with Crippen LogP contribution in [-0.2, 0) is 9.53 Å². The lowest BCUT2D eigenvalue weighted by molar-refractivity contribution is -0.137. The Hall–Kier alpha value is -3.54. The second-order valence-electron chi connectivity index (χ2n) is 6.64. The molecule has 3 aromatic rings. The van der Waals surface area contributed by atoms with Gasteiger partial charge in [0.25, 0.3) is 0 Å². The maximum atomic E-state index is 12.3. The van der Waals surface area contributed by atoms with Crippen molar-refractivity contribution in [2.75, 3.05) is 6.61 Å². The number of amides is 1. The number of hydrogen-bond acceptors (Lipinski definition) is 4. The van der Waals surface area contributed by atoms with Crippen LogP contribution in [0.25, 0.3) is 11.1 Å². The number of benzene rings is 2. The second kappa shape index (κ2) is 7.60. The molecule has 1 aliphatic carbocycles. The number of ether oxygens (including phenoxy) is 1. The molecule has 0 spiro atoms. The molecule has 2 N–H and O–H groups in total. The van der Waals surface area contributed by atoms with E-state index in [0.717, 1.165) is 22.3 Å². The molecule has 1 heterocycles. The monoisotopic (exact) mass is 377 g/mol. The first-order chi connectivity index (χ1) is 13.6. The Morgan fingerprint density at radius 2 is 1.64 bits per heavy atom. The highest BCUT2D eigenvalue weighted by Gasteiger charge is 2.29. The van der Waals surface area contributed by atoms with Gasteiger partial charge in [-0.3, -0.25) is 4.79 Å². The van der Waals surface area contributed by atoms with Crippen molar-refractivity contribution in [1.82, 2.24) is 5.32 Å². The molecule has 0 saturated carbocycles. The third kappa shape index (κ3) is 3.49. The van der Waals surface area contributed by atoms with Gasteiger partial charge in [0.2, 0.25) is 0 Å². The van der Waals surface area contributed by atoms with E-state index in [1.54, 1.807) is 12.1 Å². The molecule has 0 bridgehead atoms. The van der Waals surface area contributed by atoms with Crippen LogP contribution in [0, 0.1) is 0 Å². The number of hydrogen-bond donors (Lipinski definition) is 2. The first-order valence-electron chi connectivity index (χ1n) is 9.00. The summed E-state index contributed by atoms with van der Waals surface area (Å²) in [5, 5.41) is 11.7. The molecule has 6 heteroatoms. The van der Waals surface area contributed by atoms with Crippen LogP contribution in [-0.4, -0.2) is 23.8 Å². The average molecular weight is 377 g/mol. The van der Waals surface area contributed by atoms with Crippen LogP contribution in [0.1, 0.15) is 35.3 Å². The van der Waals surface area contributed by atoms with Gasteiger partial charge in [0.05, 0.1) is 12.7 Å². The second-order valence-corrected chi connectivity index (χ2v) is 6.64. The summed E-state index contributed by atoms with van der Waals surface area (Å²) in [6.45, 7) is 0.164. The van der Waals surface area contributed by atoms with Gasteiger partial charge >= 0.3 is 12.1 Å². The van der Waals surface area contributed by atoms with Gasteiger partial charge in [0.15, 0.2) is 0 Å². The lowest BCUT2D eigenvalue weighted by Crippen LogP contribution is -2.31. The number of nitrogens with one attached hydrogen (secondary N) is 1. The number of carbonyl (C=O) groups is 2. The Balaban J connectivity index is 1.47. The van der Waals surface area contributed by atoms with Crippen LogP contribution in [0.2, 0.25) is 0 Å². The van der Waals surface area contributed by atoms with Gasteiger partial charge in [-0.15, -0.1) is 0 Å². The molecule has 0 fully saturated rings. The lowest BCUT2D eigenvalue weighted by atomic mass is 9.98. The number of carbonyl (C=O) groups excluding carboxylic acids is 1. The van der Waals surface area contributed by atoms with Crippen molar-refractivity contribution in [3.8, 4) is 11.1 Å². The molecule has 142 valence electrons. The van der Waals surface area contributed by atoms with E-state index in [2.05, 4.69) is 17.4 Å². The Morgan fingerprint density at radius 1 is 1.00 bits per heavy atom. The van der Waals surface area contributed by atoms with Crippen LogP contribution in [0.3, 0.4) is 0 Å². The van der Waals surface area contributed by atoms with E-state index in [1.807, 2.05) is 36.4 Å². The number of carboxylic acids is 1. The number of carboxylic acid groups (broad SMARTS) is 1. The van der Waals surface area contributed by atoms with Crippen molar-refractivity contribution < 1.29 is 23.8 Å². The number of aliphatic carboxylic acids is 1. The van der Waals surface area contributed by atoms with Gasteiger partial charge in [-0.25, -0.2) is 4.79 Å². The standard InChI is InChI=1S/C22H19NO5/c24-21(25)12-19(20-10-5-11-27-20)23-22(26)28-13-18-16-8-3-1-6-14(16)15-7-2-4-9-17(15)18/h1-11,18-19H,12-13H2,(H,23,26)(H,24,25). The smallest absolute Gasteiger partial charge is 0.407 e. The minimum absolute atomic E-state index is 0.0558. The predicted octanol–water partition coefficient (Wildman–Crippen LogP) is 4.33. The molecular weight excluding hydrogens is 358 g/mol. The van der Waals surface area contributed by atoms with E-state index in [0.29, 0.717) is 5.76 Å². The highest BCUT2D eigenvalue weighted by Crippen LogP contribution is 2.44. The third-order valence-electron chi connectivity index (χ3n) is 4.90. The quantitative estimate of drug-likeness (QED) is 0.667. The third-order valence-corrected chi connectivity index (χ3v) is 4.90. The van der Waals surface area contributed by atoms with Gasteiger partial charge in [0.1, 0.15) is 18.4 Å². The SMILES string of the molecule is O=C(O)CC(NC(=O)OCC1c2ccccc2-c2ccccc21)c1ccco1. The zero-order valence-corrected chi connectivity index (χ0v) is 15.0. The number of alkyl carbamates (subject to hydrolysis) is 1. The van der Waals surface area contributed by atoms with Crippen LogP contribution in [0.4, 0.5) is 4.79 Å². The van der Waals surface area contributed by atoms with Crippen LogP contribution < -0.4 is 5.32 Å². The fourth-order valence-electron chi connectivity index (χ4n) is 3.67. The van der Waals surface area contributed by atoms with E-state index >= 15 is 0 Å². The predicted molar refractivity (Wildman–Crippen MR) is 102 cm³/mol. The van der Waals surface area contributed by atoms with Crippen molar-refractivity contribution >= 4 is 12.1 Å². The van der Waals surface area contributed by atoms with E-state index in [4.69, 9.17) is 14.3 Å². The molecule has 6 nitrogen and oxygen atoms in total. The van der Waals surface area contributed by atoms with Crippen molar-refractivity contribution in [1.29, 1.82) is 0 Å². The van der Waals surface area contributed by atoms with Gasteiger partial charge in [-0.05, 0) is 34.4 Å². The fourth-order valence-corrected chi connectivity index (χ4v) is 3.67. The van der Waals surface area contributed by atoms with E-state index in [-0.39, 0.29) is 18.9 Å². The Kier molecular flexibility index (Phi) is 4.85. The first kappa shape index (κ1) is 17.9. The summed E-state index contributed by atoms with van der Waals surface area (Å²) in [5.74, 6) is -0.726. The van der Waals surface area contributed by atoms with Crippen LogP contribution >= 0.6 is 0 Å². The lowest BCUT2D eigenvalue weighted by Gasteiger charge is -2.17. The maximum absolute atomic E-state index is 12.3. The van der Waals surface area contributed by atoms with Crippen molar-refractivity contribution in [3.05, 3.63) is 83.8 Å². The topological polar surface area (TPSA) is 88.8 Å². The molecule has 1 unspecified atom stereocenters. The summed E-state index contributed by atoms with van der Waals surface area (Å²) >= 11 is 0. The summed E-state index contributed by atoms with van der Waals surface area (Å²) in [6.07, 6.45) is 0.464. The summed E-state index contributed by atoms with van der Waals surface area (Å²) in [4.78, 5) is 23.4. The van der Waals surface area contributed by atoms with Gasteiger partial charge in [-0.2, -0.15) is 0 Å². The zero-order valence-electron chi connectivity index (χ0n) is 15.0. The summed E-state index contributed by atoms with van der Waals surface area (Å²) in [6, 6.07) is 18.6. The Bertz CT molecular complexity index is 950. The summed E-state index contributed by atoms with van der Waals surface area (Å²) in [5.41, 5.74) is 4.52. The summed E-state index contributed by atoms with van der Waals surface area (Å²) in [7, 11) is 0. The minimum Gasteiger partial charge on any atom is -0.481 e. The molecular formula is C22H19NO5. The molecule has 0 aliphatic heterocycles. The highest BCUT2D eigenvalue weighted by atomic mass is 16.5. The maximum Gasteiger partial charge on any atom is 0.407 e. The average Bonchev–Trinajstić information content (AvgIpc) is 3.32. The van der Waals surface area contributed by atoms with Crippen molar-refractivity contribution in [2.45, 2.75) is 18.4 Å². The fraction of sp³-hybridized carbons (Fsp3) is 0.182. The van der Waals surface area contributed by atoms with Crippen LogP contribution in [0.15, 0.2) is 71.3 Å². The van der Waals surface area contributed by atoms with Gasteiger partial charge in [0, 0.05) is 5.92 Å². The molecule has 0 radical (unpaired) electrons. The first-order valence-corrected chi connectivity index (χ1v) is 9.00. The van der Waals surface area contributed by atoms with Gasteiger partial charge in [-0.1, -0.05) is 48.5 Å². The molecule has 1 aromatic heterocycles. The number of rotatable bonds is 6. The molecule has 1 atom stereocenters. The molecule has 2 aromatic carbocycles. The molecule has 0 saturated heterocycles. The minimum atomic E-state index is -1.04. The van der Waals surface area contributed by atoms with Crippen molar-refractivity contribution in [3.63, 3.8) is 0 Å². The number of furan rings is 1. The van der Waals surface area contributed by atoms with Crippen molar-refractivity contribution in [2.24, 2.45) is 0 Å². The highest BCUT2D eigenvalue weighted by molar-refractivity contribution is 5.79. The normalized spacial score (nSPS) is 13.4. The van der Waals surface area contributed by atoms with E-state index in [1.165, 1.54) is 6.26 Å². The van der Waals surface area contributed by atoms with E-state index in [9.17, 15) is 9.59 Å². The number of fused-ring (bicyclic) bond motifs is 3. The van der Waals surface area contributed by atoms with E-state index < -0.39 is 18.1 Å². The largest absolute Gasteiger partial charge is 0.481 e. The Labute approximate surface area is 161 Å². The molecule has 1 aliphatic rings. The summed E-state index contributed by atoms with van der Waals surface area (Å²) < 4.78 is 10.7. The zero-order chi connectivity index (χ0) is 19.5.